The van der Waals surface area contributed by atoms with Crippen molar-refractivity contribution < 1.29 is 13.3 Å². The fraction of sp³-hybridized carbons (Fsp3) is 0.571. The van der Waals surface area contributed by atoms with Gasteiger partial charge in [-0.05, 0) is 50.4 Å². The monoisotopic (exact) mass is 325 g/mol. The molecule has 1 aromatic carbocycles. The molecule has 2 aliphatic heterocycles. The topological polar surface area (TPSA) is 92.6 Å². The van der Waals surface area contributed by atoms with Gasteiger partial charge >= 0.3 is 0 Å². The molecule has 0 saturated carbocycles. The third-order valence-corrected chi connectivity index (χ3v) is 6.64. The van der Waals surface area contributed by atoms with Crippen LogP contribution in [-0.4, -0.2) is 43.8 Å². The Hall–Kier alpha value is -1.51. The van der Waals surface area contributed by atoms with E-state index >= 15 is 0 Å². The second kappa shape index (κ2) is 5.29. The van der Waals surface area contributed by atoms with Crippen LogP contribution in [0.25, 0.3) is 0 Å². The normalized spacial score (nSPS) is 25.4. The molecule has 2 fully saturated rings. The van der Waals surface area contributed by atoms with Gasteiger partial charge in [0.05, 0.1) is 9.82 Å². The van der Waals surface area contributed by atoms with Gasteiger partial charge in [0.25, 0.3) is 5.69 Å². The van der Waals surface area contributed by atoms with Crippen molar-refractivity contribution in [2.24, 2.45) is 11.8 Å². The third-order valence-electron chi connectivity index (χ3n) is 4.66. The van der Waals surface area contributed by atoms with E-state index in [0.717, 1.165) is 13.1 Å². The first-order valence-corrected chi connectivity index (χ1v) is 8.71. The molecule has 0 spiro atoms. The Labute approximate surface area is 129 Å². The zero-order valence-electron chi connectivity index (χ0n) is 12.6. The average molecular weight is 325 g/mol. The molecule has 2 heterocycles. The summed E-state index contributed by atoms with van der Waals surface area (Å²) in [6, 6.07) is 2.77. The molecular formula is C14H19N3O4S. The number of benzene rings is 1. The highest BCUT2D eigenvalue weighted by atomic mass is 32.2. The van der Waals surface area contributed by atoms with Crippen LogP contribution in [0.1, 0.15) is 11.1 Å². The smallest absolute Gasteiger partial charge is 0.273 e. The van der Waals surface area contributed by atoms with Gasteiger partial charge < -0.3 is 5.32 Å². The number of hydrogen-bond donors (Lipinski definition) is 1. The Kier molecular flexibility index (Phi) is 3.70. The third kappa shape index (κ3) is 2.41. The van der Waals surface area contributed by atoms with Crippen LogP contribution in [0, 0.1) is 35.8 Å². The average Bonchev–Trinajstić information content (AvgIpc) is 2.98. The zero-order valence-corrected chi connectivity index (χ0v) is 13.4. The zero-order chi connectivity index (χ0) is 16.1. The lowest BCUT2D eigenvalue weighted by Crippen LogP contribution is -2.32. The molecule has 1 N–H and O–H groups in total. The van der Waals surface area contributed by atoms with E-state index < -0.39 is 14.9 Å². The minimum absolute atomic E-state index is 0.0535. The minimum Gasteiger partial charge on any atom is -0.316 e. The van der Waals surface area contributed by atoms with Crippen molar-refractivity contribution in [1.82, 2.24) is 9.62 Å². The number of aryl methyl sites for hydroxylation is 2. The van der Waals surface area contributed by atoms with Crippen LogP contribution < -0.4 is 5.32 Å². The quantitative estimate of drug-likeness (QED) is 0.662. The van der Waals surface area contributed by atoms with E-state index in [1.807, 2.05) is 0 Å². The van der Waals surface area contributed by atoms with E-state index in [2.05, 4.69) is 5.32 Å². The van der Waals surface area contributed by atoms with Crippen molar-refractivity contribution in [3.63, 3.8) is 0 Å². The first-order valence-electron chi connectivity index (χ1n) is 7.27. The molecule has 3 rings (SSSR count). The Bertz CT molecular complexity index is 720. The summed E-state index contributed by atoms with van der Waals surface area (Å²) < 4.78 is 27.2. The number of nitrogens with one attached hydrogen (secondary N) is 1. The van der Waals surface area contributed by atoms with Crippen molar-refractivity contribution in [2.45, 2.75) is 18.7 Å². The van der Waals surface area contributed by atoms with Gasteiger partial charge in [-0.15, -0.1) is 0 Å². The van der Waals surface area contributed by atoms with Gasteiger partial charge in [-0.3, -0.25) is 10.1 Å². The molecule has 0 bridgehead atoms. The maximum Gasteiger partial charge on any atom is 0.273 e. The fourth-order valence-corrected chi connectivity index (χ4v) is 5.22. The van der Waals surface area contributed by atoms with E-state index in [9.17, 15) is 18.5 Å². The summed E-state index contributed by atoms with van der Waals surface area (Å²) in [6.45, 7) is 5.95. The van der Waals surface area contributed by atoms with Crippen LogP contribution in [0.4, 0.5) is 5.69 Å². The summed E-state index contributed by atoms with van der Waals surface area (Å²) in [6.07, 6.45) is 0. The van der Waals surface area contributed by atoms with E-state index in [4.69, 9.17) is 0 Å². The SMILES string of the molecule is Cc1cc(C)c(S(=O)(=O)N2C[C@H]3CNC[C@H]3C2)cc1[N+](=O)[O-]. The molecular weight excluding hydrogens is 306 g/mol. The lowest BCUT2D eigenvalue weighted by molar-refractivity contribution is -0.385. The van der Waals surface area contributed by atoms with Crippen molar-refractivity contribution in [3.05, 3.63) is 33.4 Å². The molecule has 22 heavy (non-hydrogen) atoms. The Morgan fingerprint density at radius 2 is 1.77 bits per heavy atom. The van der Waals surface area contributed by atoms with Crippen molar-refractivity contribution in [3.8, 4) is 0 Å². The van der Waals surface area contributed by atoms with E-state index in [1.54, 1.807) is 19.9 Å². The number of nitrogens with zero attached hydrogens (tertiary/aromatic N) is 2. The summed E-state index contributed by atoms with van der Waals surface area (Å²) >= 11 is 0. The van der Waals surface area contributed by atoms with Gasteiger partial charge in [0.2, 0.25) is 10.0 Å². The van der Waals surface area contributed by atoms with Gasteiger partial charge in [0.15, 0.2) is 0 Å². The first kappa shape index (κ1) is 15.4. The summed E-state index contributed by atoms with van der Waals surface area (Å²) in [7, 11) is -3.68. The van der Waals surface area contributed by atoms with Crippen LogP contribution >= 0.6 is 0 Å². The molecule has 0 radical (unpaired) electrons. The second-order valence-electron chi connectivity index (χ2n) is 6.16. The molecule has 120 valence electrons. The highest BCUT2D eigenvalue weighted by Crippen LogP contribution is 2.33. The maximum absolute atomic E-state index is 12.9. The number of nitro groups is 1. The Balaban J connectivity index is 1.99. The molecule has 1 aromatic rings. The standard InChI is InChI=1S/C14H19N3O4S/c1-9-3-10(2)14(4-13(9)17(18)19)22(20,21)16-7-11-5-15-6-12(11)8-16/h3-4,11-12,15H,5-8H2,1-2H3/t11-,12+. The van der Waals surface area contributed by atoms with Gasteiger partial charge in [-0.25, -0.2) is 8.42 Å². The van der Waals surface area contributed by atoms with Gasteiger partial charge in [0.1, 0.15) is 0 Å². The largest absolute Gasteiger partial charge is 0.316 e. The van der Waals surface area contributed by atoms with Crippen molar-refractivity contribution >= 4 is 15.7 Å². The van der Waals surface area contributed by atoms with E-state index in [1.165, 1.54) is 10.4 Å². The molecule has 0 aliphatic carbocycles. The van der Waals surface area contributed by atoms with Crippen LogP contribution in [0.15, 0.2) is 17.0 Å². The first-order chi connectivity index (χ1) is 10.3. The number of nitro benzene ring substituents is 1. The van der Waals surface area contributed by atoms with Gasteiger partial charge in [0, 0.05) is 24.7 Å². The number of rotatable bonds is 3. The number of hydrogen-bond acceptors (Lipinski definition) is 5. The highest BCUT2D eigenvalue weighted by Gasteiger charge is 2.42. The fourth-order valence-electron chi connectivity index (χ4n) is 3.44. The van der Waals surface area contributed by atoms with Crippen LogP contribution in [0.3, 0.4) is 0 Å². The molecule has 7 nitrogen and oxygen atoms in total. The predicted octanol–water partition coefficient (Wildman–Crippen LogP) is 1.05. The molecule has 0 unspecified atom stereocenters. The Morgan fingerprint density at radius 1 is 1.18 bits per heavy atom. The van der Waals surface area contributed by atoms with Crippen molar-refractivity contribution in [2.75, 3.05) is 26.2 Å². The lowest BCUT2D eigenvalue weighted by Gasteiger charge is -2.19. The molecule has 2 saturated heterocycles. The number of fused-ring (bicyclic) bond motifs is 1. The van der Waals surface area contributed by atoms with Gasteiger partial charge in [-0.1, -0.05) is 0 Å². The molecule has 2 aliphatic rings. The summed E-state index contributed by atoms with van der Waals surface area (Å²) in [4.78, 5) is 10.6. The molecule has 2 atom stereocenters. The van der Waals surface area contributed by atoms with Crippen LogP contribution in [0.5, 0.6) is 0 Å². The highest BCUT2D eigenvalue weighted by molar-refractivity contribution is 7.89. The minimum atomic E-state index is -3.68. The van der Waals surface area contributed by atoms with Crippen LogP contribution in [-0.2, 0) is 10.0 Å². The summed E-state index contributed by atoms with van der Waals surface area (Å²) in [5, 5.41) is 14.4. The van der Waals surface area contributed by atoms with Crippen molar-refractivity contribution in [1.29, 1.82) is 0 Å². The lowest BCUT2D eigenvalue weighted by atomic mass is 10.0. The Morgan fingerprint density at radius 3 is 2.32 bits per heavy atom. The summed E-state index contributed by atoms with van der Waals surface area (Å²) in [5.74, 6) is 0.686. The van der Waals surface area contributed by atoms with Gasteiger partial charge in [-0.2, -0.15) is 4.31 Å². The molecule has 0 amide bonds. The number of sulfonamides is 1. The second-order valence-corrected chi connectivity index (χ2v) is 8.07. The van der Waals surface area contributed by atoms with E-state index in [-0.39, 0.29) is 10.6 Å². The predicted molar refractivity (Wildman–Crippen MR) is 81.2 cm³/mol. The van der Waals surface area contributed by atoms with Crippen LogP contribution in [0.2, 0.25) is 0 Å². The van der Waals surface area contributed by atoms with E-state index in [0.29, 0.717) is 36.1 Å². The summed E-state index contributed by atoms with van der Waals surface area (Å²) in [5.41, 5.74) is 0.882. The molecule has 0 aromatic heterocycles. The molecule has 8 heteroatoms. The maximum atomic E-state index is 12.9.